The molecule has 0 aromatic heterocycles. The van der Waals surface area contributed by atoms with E-state index in [1.807, 2.05) is 0 Å². The third-order valence-electron chi connectivity index (χ3n) is 8.51. The molecule has 4 aliphatic carbocycles. The number of fused-ring (bicyclic) bond motifs is 5. The van der Waals surface area contributed by atoms with Gasteiger partial charge in [-0.15, -0.1) is 0 Å². The van der Waals surface area contributed by atoms with Gasteiger partial charge in [0.05, 0.1) is 6.10 Å². The number of allylic oxidation sites excluding steroid dienone is 2. The smallest absolute Gasteiger partial charge is 0.257 e. The van der Waals surface area contributed by atoms with Crippen molar-refractivity contribution in [2.45, 2.75) is 70.9 Å². The Labute approximate surface area is 155 Å². The van der Waals surface area contributed by atoms with Crippen LogP contribution in [-0.2, 0) is 0 Å². The highest BCUT2D eigenvalue weighted by Crippen LogP contribution is 2.65. The molecule has 0 aliphatic heterocycles. The van der Waals surface area contributed by atoms with Gasteiger partial charge in [0.1, 0.15) is 6.61 Å². The maximum absolute atomic E-state index is 11.5. The fourth-order valence-electron chi connectivity index (χ4n) is 7.04. The Morgan fingerprint density at radius 3 is 2.62 bits per heavy atom. The number of hydrogen-bond acceptors (Lipinski definition) is 4. The molecule has 0 heterocycles. The minimum Gasteiger partial charge on any atom is -0.393 e. The van der Waals surface area contributed by atoms with Crippen LogP contribution in [0.25, 0.3) is 0 Å². The Balaban J connectivity index is 1.64. The van der Waals surface area contributed by atoms with Gasteiger partial charge in [0.25, 0.3) is 6.04 Å². The number of aliphatic hydroxyl groups excluding tert-OH is 2. The van der Waals surface area contributed by atoms with E-state index < -0.39 is 12.6 Å². The van der Waals surface area contributed by atoms with Gasteiger partial charge in [-0.3, -0.25) is 10.1 Å². The van der Waals surface area contributed by atoms with E-state index in [4.69, 9.17) is 0 Å². The minimum atomic E-state index is -0.948. The van der Waals surface area contributed by atoms with Crippen molar-refractivity contribution in [1.29, 1.82) is 0 Å². The van der Waals surface area contributed by atoms with Crippen LogP contribution in [0.5, 0.6) is 0 Å². The van der Waals surface area contributed by atoms with E-state index in [1.165, 1.54) is 5.57 Å². The Bertz CT molecular complexity index is 671. The Kier molecular flexibility index (Phi) is 4.31. The van der Waals surface area contributed by atoms with E-state index in [1.54, 1.807) is 0 Å². The molecule has 4 aliphatic rings. The summed E-state index contributed by atoms with van der Waals surface area (Å²) < 4.78 is 0. The highest BCUT2D eigenvalue weighted by molar-refractivity contribution is 5.31. The standard InChI is InChI=1S/C21H31NO4/c1-20-9-7-14(24)11-13(20)3-4-15-16-5-6-18(19(12-23)22(25)26)21(16,2)10-8-17(15)20/h3,6,14-17,19,23-24H,4-5,7-12H2,1-2H3/t14-,15-,16-,17-,19?,20-,21-/m0/s1. The van der Waals surface area contributed by atoms with Crippen molar-refractivity contribution in [1.82, 2.24) is 0 Å². The van der Waals surface area contributed by atoms with Crippen LogP contribution in [-0.4, -0.2) is 33.9 Å². The van der Waals surface area contributed by atoms with Gasteiger partial charge in [-0.2, -0.15) is 0 Å². The lowest BCUT2D eigenvalue weighted by molar-refractivity contribution is -0.517. The first-order valence-corrected chi connectivity index (χ1v) is 10.1. The van der Waals surface area contributed by atoms with E-state index in [9.17, 15) is 20.3 Å². The van der Waals surface area contributed by atoms with Crippen molar-refractivity contribution in [3.63, 3.8) is 0 Å². The summed E-state index contributed by atoms with van der Waals surface area (Å²) in [6.07, 6.45) is 11.0. The van der Waals surface area contributed by atoms with Gasteiger partial charge in [-0.25, -0.2) is 0 Å². The lowest BCUT2D eigenvalue weighted by Gasteiger charge is -2.57. The molecule has 5 nitrogen and oxygen atoms in total. The molecule has 0 saturated heterocycles. The lowest BCUT2D eigenvalue weighted by atomic mass is 9.47. The summed E-state index contributed by atoms with van der Waals surface area (Å²) in [5.74, 6) is 1.60. The van der Waals surface area contributed by atoms with Crippen LogP contribution in [0.1, 0.15) is 58.8 Å². The van der Waals surface area contributed by atoms with Gasteiger partial charge in [0.2, 0.25) is 0 Å². The van der Waals surface area contributed by atoms with Gasteiger partial charge in [-0.05, 0) is 73.5 Å². The van der Waals surface area contributed by atoms with E-state index in [-0.39, 0.29) is 21.9 Å². The molecule has 0 radical (unpaired) electrons. The topological polar surface area (TPSA) is 83.6 Å². The average molecular weight is 361 g/mol. The minimum absolute atomic E-state index is 0.155. The fraction of sp³-hybridized carbons (Fsp3) is 0.810. The third kappa shape index (κ3) is 2.43. The molecule has 144 valence electrons. The lowest BCUT2D eigenvalue weighted by Crippen LogP contribution is -2.51. The van der Waals surface area contributed by atoms with Crippen LogP contribution < -0.4 is 0 Å². The largest absolute Gasteiger partial charge is 0.393 e. The van der Waals surface area contributed by atoms with Crippen LogP contribution >= 0.6 is 0 Å². The summed E-state index contributed by atoms with van der Waals surface area (Å²) >= 11 is 0. The molecule has 2 saturated carbocycles. The zero-order valence-corrected chi connectivity index (χ0v) is 15.9. The molecule has 26 heavy (non-hydrogen) atoms. The first kappa shape index (κ1) is 18.2. The van der Waals surface area contributed by atoms with Gasteiger partial charge < -0.3 is 10.2 Å². The van der Waals surface area contributed by atoms with Crippen LogP contribution in [0.4, 0.5) is 0 Å². The van der Waals surface area contributed by atoms with Gasteiger partial charge in [0.15, 0.2) is 0 Å². The summed E-state index contributed by atoms with van der Waals surface area (Å²) in [7, 11) is 0. The SMILES string of the molecule is C[C@]12CC[C@H](O)CC1=CC[C@@H]1[C@@H]2CC[C@]2(C)C(C(CO)[N+](=O)[O-])=CC[C@@H]12. The van der Waals surface area contributed by atoms with Crippen LogP contribution in [0.3, 0.4) is 0 Å². The number of hydrogen-bond donors (Lipinski definition) is 2. The maximum Gasteiger partial charge on any atom is 0.257 e. The van der Waals surface area contributed by atoms with Crippen molar-refractivity contribution in [3.05, 3.63) is 33.4 Å². The summed E-state index contributed by atoms with van der Waals surface area (Å²) in [5.41, 5.74) is 2.35. The van der Waals surface area contributed by atoms with Crippen molar-refractivity contribution < 1.29 is 15.1 Å². The molecule has 2 N–H and O–H groups in total. The molecule has 2 fully saturated rings. The number of nitro groups is 1. The average Bonchev–Trinajstić information content (AvgIpc) is 2.93. The summed E-state index contributed by atoms with van der Waals surface area (Å²) in [6.45, 7) is 4.18. The molecule has 4 rings (SSSR count). The zero-order valence-electron chi connectivity index (χ0n) is 15.9. The van der Waals surface area contributed by atoms with Crippen LogP contribution in [0, 0.1) is 38.7 Å². The molecule has 0 bridgehead atoms. The first-order valence-electron chi connectivity index (χ1n) is 10.1. The number of aliphatic hydroxyl groups is 2. The maximum atomic E-state index is 11.5. The van der Waals surface area contributed by atoms with Gasteiger partial charge in [0, 0.05) is 10.5 Å². The summed E-state index contributed by atoms with van der Waals surface area (Å²) in [5, 5.41) is 31.1. The third-order valence-corrected chi connectivity index (χ3v) is 8.51. The van der Waals surface area contributed by atoms with Crippen LogP contribution in [0.15, 0.2) is 23.3 Å². The van der Waals surface area contributed by atoms with Crippen molar-refractivity contribution in [3.8, 4) is 0 Å². The number of rotatable bonds is 3. The molecule has 0 aromatic rings. The fourth-order valence-corrected chi connectivity index (χ4v) is 7.04. The molecular weight excluding hydrogens is 330 g/mol. The molecule has 0 aromatic carbocycles. The zero-order chi connectivity index (χ0) is 18.7. The van der Waals surface area contributed by atoms with E-state index in [2.05, 4.69) is 26.0 Å². The summed E-state index contributed by atoms with van der Waals surface area (Å²) in [6, 6.07) is -0.948. The molecular formula is C21H31NO4. The van der Waals surface area contributed by atoms with E-state index >= 15 is 0 Å². The van der Waals surface area contributed by atoms with Crippen molar-refractivity contribution in [2.75, 3.05) is 6.61 Å². The monoisotopic (exact) mass is 361 g/mol. The highest BCUT2D eigenvalue weighted by atomic mass is 16.6. The molecule has 7 atom stereocenters. The predicted octanol–water partition coefficient (Wildman–Crippen LogP) is 3.48. The predicted molar refractivity (Wildman–Crippen MR) is 99.0 cm³/mol. The second kappa shape index (κ2) is 6.16. The van der Waals surface area contributed by atoms with E-state index in [0.717, 1.165) is 50.5 Å². The van der Waals surface area contributed by atoms with E-state index in [0.29, 0.717) is 17.8 Å². The van der Waals surface area contributed by atoms with Crippen molar-refractivity contribution in [2.24, 2.45) is 28.6 Å². The Morgan fingerprint density at radius 1 is 1.19 bits per heavy atom. The Hall–Kier alpha value is -1.20. The normalized spacial score (nSPS) is 45.7. The van der Waals surface area contributed by atoms with Gasteiger partial charge >= 0.3 is 0 Å². The molecule has 0 spiro atoms. The quantitative estimate of drug-likeness (QED) is 0.458. The Morgan fingerprint density at radius 2 is 1.92 bits per heavy atom. The summed E-state index contributed by atoms with van der Waals surface area (Å²) in [4.78, 5) is 11.1. The van der Waals surface area contributed by atoms with Gasteiger partial charge in [-0.1, -0.05) is 31.6 Å². The van der Waals surface area contributed by atoms with Crippen molar-refractivity contribution >= 4 is 0 Å². The first-order chi connectivity index (χ1) is 12.3. The highest BCUT2D eigenvalue weighted by Gasteiger charge is 2.58. The molecule has 5 heteroatoms. The second-order valence-electron chi connectivity index (χ2n) is 9.49. The number of nitrogens with zero attached hydrogens (tertiary/aromatic N) is 1. The van der Waals surface area contributed by atoms with Crippen LogP contribution in [0.2, 0.25) is 0 Å². The molecule has 1 unspecified atom stereocenters. The second-order valence-corrected chi connectivity index (χ2v) is 9.49. The molecule has 0 amide bonds.